The number of halogens is 3. The number of anilines is 1. The average Bonchev–Trinajstić information content (AvgIpc) is 3.05. The fourth-order valence-electron chi connectivity index (χ4n) is 1.69. The zero-order valence-corrected chi connectivity index (χ0v) is 14.1. The fourth-order valence-corrected chi connectivity index (χ4v) is 3.30. The highest BCUT2D eigenvalue weighted by molar-refractivity contribution is 8.00. The molecule has 2 rings (SSSR count). The maximum absolute atomic E-state index is 12.7. The summed E-state index contributed by atoms with van der Waals surface area (Å²) in [5, 5.41) is 10.1. The zero-order valence-electron chi connectivity index (χ0n) is 12.4. The highest BCUT2D eigenvalue weighted by Gasteiger charge is 2.38. The van der Waals surface area contributed by atoms with Gasteiger partial charge in [-0.3, -0.25) is 9.59 Å². The molecule has 0 aliphatic carbocycles. The van der Waals surface area contributed by atoms with Gasteiger partial charge >= 0.3 is 6.18 Å². The van der Waals surface area contributed by atoms with Gasteiger partial charge in [-0.2, -0.15) is 13.2 Å². The molecule has 24 heavy (non-hydrogen) atoms. The van der Waals surface area contributed by atoms with Crippen LogP contribution in [0.5, 0.6) is 0 Å². The first kappa shape index (κ1) is 18.3. The smallest absolute Gasteiger partial charge is 0.366 e. The average molecular weight is 379 g/mol. The van der Waals surface area contributed by atoms with Crippen molar-refractivity contribution in [2.45, 2.75) is 23.5 Å². The van der Waals surface area contributed by atoms with Gasteiger partial charge in [0, 0.05) is 7.05 Å². The molecule has 0 bridgehead atoms. The van der Waals surface area contributed by atoms with Gasteiger partial charge < -0.3 is 15.6 Å². The van der Waals surface area contributed by atoms with Crippen molar-refractivity contribution in [3.8, 4) is 0 Å². The summed E-state index contributed by atoms with van der Waals surface area (Å²) in [6, 6.07) is 1.47. The van der Waals surface area contributed by atoms with E-state index in [2.05, 4.69) is 15.5 Å². The third-order valence-electron chi connectivity index (χ3n) is 2.91. The van der Waals surface area contributed by atoms with Crippen LogP contribution in [0.3, 0.4) is 0 Å². The van der Waals surface area contributed by atoms with E-state index in [0.29, 0.717) is 0 Å². The number of nitrogens with one attached hydrogen (secondary N) is 1. The third-order valence-corrected chi connectivity index (χ3v) is 4.87. The van der Waals surface area contributed by atoms with Crippen LogP contribution in [0, 0.1) is 0 Å². The molecule has 0 aliphatic heterocycles. The van der Waals surface area contributed by atoms with Gasteiger partial charge in [0.2, 0.25) is 11.7 Å². The number of hydrogen-bond donors (Lipinski definition) is 2. The number of thioether (sulfide) groups is 1. The molecular weight excluding hydrogens is 367 g/mol. The Morgan fingerprint density at radius 1 is 1.42 bits per heavy atom. The molecule has 0 saturated carbocycles. The molecule has 1 atom stereocenters. The molecule has 130 valence electrons. The largest absolute Gasteiger partial charge is 0.451 e. The Balaban J connectivity index is 2.08. The highest BCUT2D eigenvalue weighted by atomic mass is 32.2. The molecule has 2 amide bonds. The van der Waals surface area contributed by atoms with Gasteiger partial charge in [0.15, 0.2) is 5.16 Å². The normalized spacial score (nSPS) is 12.9. The number of thiophene rings is 1. The Hall–Kier alpha value is -2.08. The lowest BCUT2D eigenvalue weighted by atomic mass is 10.3. The number of primary amides is 1. The van der Waals surface area contributed by atoms with Crippen LogP contribution in [0.15, 0.2) is 16.6 Å². The quantitative estimate of drug-likeness (QED) is 0.775. The number of rotatable bonds is 5. The van der Waals surface area contributed by atoms with E-state index >= 15 is 0 Å². The first-order chi connectivity index (χ1) is 11.1. The minimum absolute atomic E-state index is 0.0497. The summed E-state index contributed by atoms with van der Waals surface area (Å²) in [5.74, 6) is -2.33. The summed E-state index contributed by atoms with van der Waals surface area (Å²) in [6.07, 6.45) is -4.63. The van der Waals surface area contributed by atoms with Crippen molar-refractivity contribution in [1.82, 2.24) is 14.8 Å². The van der Waals surface area contributed by atoms with E-state index in [9.17, 15) is 22.8 Å². The SMILES string of the molecule is C[C@H](Sc1nnc(C(F)(F)F)n1C)C(=O)Nc1sccc1C(N)=O. The van der Waals surface area contributed by atoms with Crippen LogP contribution in [-0.4, -0.2) is 31.8 Å². The minimum Gasteiger partial charge on any atom is -0.366 e. The summed E-state index contributed by atoms with van der Waals surface area (Å²) < 4.78 is 38.8. The molecule has 7 nitrogen and oxygen atoms in total. The summed E-state index contributed by atoms with van der Waals surface area (Å²) in [5.41, 5.74) is 5.35. The van der Waals surface area contributed by atoms with E-state index in [4.69, 9.17) is 5.73 Å². The van der Waals surface area contributed by atoms with Gasteiger partial charge in [-0.1, -0.05) is 11.8 Å². The topological polar surface area (TPSA) is 103 Å². The van der Waals surface area contributed by atoms with E-state index in [1.165, 1.54) is 20.0 Å². The highest BCUT2D eigenvalue weighted by Crippen LogP contribution is 2.31. The standard InChI is InChI=1S/C12H12F3N5O2S2/c1-5(8(22)17-9-6(7(16)21)3-4-23-9)24-11-19-18-10(20(11)2)12(13,14)15/h3-5H,1-2H3,(H2,16,21)(H,17,22)/t5-/m0/s1. The van der Waals surface area contributed by atoms with Crippen molar-refractivity contribution >= 4 is 39.9 Å². The van der Waals surface area contributed by atoms with Crippen LogP contribution < -0.4 is 11.1 Å². The number of carbonyl (C=O) groups excluding carboxylic acids is 2. The lowest BCUT2D eigenvalue weighted by molar-refractivity contribution is -0.147. The van der Waals surface area contributed by atoms with Crippen molar-refractivity contribution < 1.29 is 22.8 Å². The first-order valence-corrected chi connectivity index (χ1v) is 8.18. The second kappa shape index (κ2) is 6.81. The molecule has 0 fully saturated rings. The number of alkyl halides is 3. The van der Waals surface area contributed by atoms with Crippen molar-refractivity contribution in [3.63, 3.8) is 0 Å². The maximum atomic E-state index is 12.7. The lowest BCUT2D eigenvalue weighted by Gasteiger charge is -2.11. The van der Waals surface area contributed by atoms with E-state index in [0.717, 1.165) is 27.7 Å². The Morgan fingerprint density at radius 2 is 2.08 bits per heavy atom. The molecule has 0 radical (unpaired) electrons. The number of aromatic nitrogens is 3. The van der Waals surface area contributed by atoms with Crippen LogP contribution in [0.4, 0.5) is 18.2 Å². The monoisotopic (exact) mass is 379 g/mol. The predicted octanol–water partition coefficient (Wildman–Crippen LogP) is 2.11. The predicted molar refractivity (Wildman–Crippen MR) is 82.8 cm³/mol. The van der Waals surface area contributed by atoms with Crippen molar-refractivity contribution in [2.75, 3.05) is 5.32 Å². The molecule has 3 N–H and O–H groups in total. The van der Waals surface area contributed by atoms with Crippen LogP contribution in [0.25, 0.3) is 0 Å². The van der Waals surface area contributed by atoms with E-state index in [1.807, 2.05) is 0 Å². The number of hydrogen-bond acceptors (Lipinski definition) is 6. The molecule has 2 heterocycles. The number of amides is 2. The summed E-state index contributed by atoms with van der Waals surface area (Å²) in [6.45, 7) is 1.50. The Bertz CT molecular complexity index is 771. The van der Waals surface area contributed by atoms with E-state index < -0.39 is 29.1 Å². The Labute approximate surface area is 142 Å². The van der Waals surface area contributed by atoms with Crippen LogP contribution in [-0.2, 0) is 18.0 Å². The van der Waals surface area contributed by atoms with Crippen LogP contribution in [0.2, 0.25) is 0 Å². The molecule has 0 aromatic carbocycles. The minimum atomic E-state index is -4.63. The van der Waals surface area contributed by atoms with Gasteiger partial charge in [-0.25, -0.2) is 0 Å². The second-order valence-corrected chi connectivity index (χ2v) is 6.86. The molecule has 0 aliphatic rings. The molecule has 12 heteroatoms. The molecule has 2 aromatic rings. The third kappa shape index (κ3) is 3.87. The van der Waals surface area contributed by atoms with Gasteiger partial charge in [0.1, 0.15) is 5.00 Å². The molecule has 0 saturated heterocycles. The fraction of sp³-hybridized carbons (Fsp3) is 0.333. The van der Waals surface area contributed by atoms with Crippen molar-refractivity contribution in [1.29, 1.82) is 0 Å². The summed E-state index contributed by atoms with van der Waals surface area (Å²) in [4.78, 5) is 23.4. The van der Waals surface area contributed by atoms with Gasteiger partial charge in [0.05, 0.1) is 10.8 Å². The summed E-state index contributed by atoms with van der Waals surface area (Å²) in [7, 11) is 1.17. The van der Waals surface area contributed by atoms with E-state index in [-0.39, 0.29) is 15.7 Å². The van der Waals surface area contributed by atoms with Crippen LogP contribution in [0.1, 0.15) is 23.1 Å². The molecule has 2 aromatic heterocycles. The van der Waals surface area contributed by atoms with Gasteiger partial charge in [-0.15, -0.1) is 21.5 Å². The number of nitrogens with zero attached hydrogens (tertiary/aromatic N) is 3. The van der Waals surface area contributed by atoms with Crippen LogP contribution >= 0.6 is 23.1 Å². The van der Waals surface area contributed by atoms with E-state index in [1.54, 1.807) is 5.38 Å². The maximum Gasteiger partial charge on any atom is 0.451 e. The zero-order chi connectivity index (χ0) is 18.1. The van der Waals surface area contributed by atoms with Gasteiger partial charge in [0.25, 0.3) is 5.91 Å². The number of nitrogens with two attached hydrogens (primary N) is 1. The second-order valence-electron chi connectivity index (χ2n) is 4.64. The first-order valence-electron chi connectivity index (χ1n) is 6.42. The summed E-state index contributed by atoms with van der Waals surface area (Å²) >= 11 is 1.93. The molecule has 0 unspecified atom stereocenters. The molecular formula is C12H12F3N5O2S2. The van der Waals surface area contributed by atoms with Gasteiger partial charge in [-0.05, 0) is 18.4 Å². The number of carbonyl (C=O) groups is 2. The molecule has 0 spiro atoms. The lowest BCUT2D eigenvalue weighted by Crippen LogP contribution is -2.24. The van der Waals surface area contributed by atoms with Crippen molar-refractivity contribution in [3.05, 3.63) is 22.8 Å². The Kier molecular flexibility index (Phi) is 5.18. The Morgan fingerprint density at radius 3 is 2.62 bits per heavy atom. The van der Waals surface area contributed by atoms with Crippen molar-refractivity contribution in [2.24, 2.45) is 12.8 Å².